The van der Waals surface area contributed by atoms with E-state index in [2.05, 4.69) is 0 Å². The van der Waals surface area contributed by atoms with Gasteiger partial charge in [-0.3, -0.25) is 4.79 Å². The molecule has 0 bridgehead atoms. The average molecular weight is 227 g/mol. The maximum atomic E-state index is 11.6. The molecule has 0 aromatic heterocycles. The average Bonchev–Trinajstić information content (AvgIpc) is 2.26. The largest absolute Gasteiger partial charge is 0.478 e. The van der Waals surface area contributed by atoms with Gasteiger partial charge in [0.2, 0.25) is 5.91 Å². The molecule has 0 spiro atoms. The van der Waals surface area contributed by atoms with Crippen LogP contribution in [0.3, 0.4) is 0 Å². The van der Waals surface area contributed by atoms with Crippen molar-refractivity contribution < 1.29 is 19.8 Å². The number of amides is 1. The highest BCUT2D eigenvalue weighted by molar-refractivity contribution is 5.93. The molecular weight excluding hydrogens is 210 g/mol. The molecule has 1 saturated heterocycles. The lowest BCUT2D eigenvalue weighted by atomic mass is 9.92. The van der Waals surface area contributed by atoms with Crippen LogP contribution in [-0.4, -0.2) is 46.2 Å². The molecule has 0 unspecified atom stereocenters. The molecule has 0 radical (unpaired) electrons. The summed E-state index contributed by atoms with van der Waals surface area (Å²) in [6, 6.07) is 0. The summed E-state index contributed by atoms with van der Waals surface area (Å²) >= 11 is 0. The van der Waals surface area contributed by atoms with E-state index in [1.807, 2.05) is 6.92 Å². The van der Waals surface area contributed by atoms with Gasteiger partial charge in [0.1, 0.15) is 0 Å². The van der Waals surface area contributed by atoms with E-state index in [0.717, 1.165) is 18.6 Å². The topological polar surface area (TPSA) is 77.8 Å². The Labute approximate surface area is 94.4 Å². The number of carbonyl (C=O) groups is 2. The van der Waals surface area contributed by atoms with E-state index in [1.54, 1.807) is 4.90 Å². The number of likely N-dealkylation sites (tertiary alicyclic amines) is 1. The van der Waals surface area contributed by atoms with Gasteiger partial charge >= 0.3 is 5.97 Å². The number of carbonyl (C=O) groups excluding carboxylic acids is 1. The third kappa shape index (κ3) is 3.34. The number of rotatable bonds is 3. The summed E-state index contributed by atoms with van der Waals surface area (Å²) in [5, 5.41) is 18.0. The van der Waals surface area contributed by atoms with Crippen molar-refractivity contribution in [3.63, 3.8) is 0 Å². The maximum Gasteiger partial charge on any atom is 0.328 e. The van der Waals surface area contributed by atoms with Crippen molar-refractivity contribution in [2.75, 3.05) is 13.1 Å². The summed E-state index contributed by atoms with van der Waals surface area (Å²) in [5.41, 5.74) is 0. The van der Waals surface area contributed by atoms with Crippen molar-refractivity contribution in [1.29, 1.82) is 0 Å². The molecule has 1 rings (SSSR count). The zero-order chi connectivity index (χ0) is 12.1. The molecule has 0 aromatic carbocycles. The van der Waals surface area contributed by atoms with Crippen LogP contribution in [0.2, 0.25) is 0 Å². The summed E-state index contributed by atoms with van der Waals surface area (Å²) < 4.78 is 0. The van der Waals surface area contributed by atoms with Crippen molar-refractivity contribution in [2.24, 2.45) is 5.92 Å². The lowest BCUT2D eigenvalue weighted by Gasteiger charge is -2.35. The third-order valence-electron chi connectivity index (χ3n) is 2.90. The van der Waals surface area contributed by atoms with E-state index in [-0.39, 0.29) is 17.9 Å². The number of hydrogen-bond donors (Lipinski definition) is 2. The number of hydrogen-bond acceptors (Lipinski definition) is 3. The predicted molar refractivity (Wildman–Crippen MR) is 57.8 cm³/mol. The fourth-order valence-electron chi connectivity index (χ4n) is 1.87. The summed E-state index contributed by atoms with van der Waals surface area (Å²) in [6.45, 7) is 2.95. The Bertz CT molecular complexity index is 300. The van der Waals surface area contributed by atoms with E-state index in [9.17, 15) is 14.7 Å². The van der Waals surface area contributed by atoms with Gasteiger partial charge in [-0.25, -0.2) is 4.79 Å². The second-order valence-corrected chi connectivity index (χ2v) is 3.98. The van der Waals surface area contributed by atoms with Crippen LogP contribution in [0.4, 0.5) is 0 Å². The minimum atomic E-state index is -1.13. The molecule has 0 saturated carbocycles. The Hall–Kier alpha value is -1.36. The molecule has 1 aliphatic rings. The molecule has 90 valence electrons. The van der Waals surface area contributed by atoms with Gasteiger partial charge in [0, 0.05) is 31.2 Å². The monoisotopic (exact) mass is 227 g/mol. The molecule has 2 atom stereocenters. The number of aliphatic carboxylic acids is 1. The number of nitrogens with zero attached hydrogens (tertiary/aromatic N) is 1. The molecule has 0 aliphatic carbocycles. The lowest BCUT2D eigenvalue weighted by molar-refractivity contribution is -0.133. The number of piperidine rings is 1. The maximum absolute atomic E-state index is 11.6. The number of carboxylic acid groups (broad SMARTS) is 1. The van der Waals surface area contributed by atoms with Crippen LogP contribution in [0.1, 0.15) is 19.8 Å². The van der Waals surface area contributed by atoms with Gasteiger partial charge in [-0.1, -0.05) is 6.92 Å². The highest BCUT2D eigenvalue weighted by Gasteiger charge is 2.27. The second kappa shape index (κ2) is 5.65. The molecule has 0 aromatic rings. The Morgan fingerprint density at radius 3 is 2.69 bits per heavy atom. The zero-order valence-electron chi connectivity index (χ0n) is 9.30. The smallest absolute Gasteiger partial charge is 0.328 e. The van der Waals surface area contributed by atoms with Crippen molar-refractivity contribution in [2.45, 2.75) is 25.9 Å². The Kier molecular flexibility index (Phi) is 4.49. The number of aliphatic hydroxyl groups excluding tert-OH is 1. The van der Waals surface area contributed by atoms with Crippen LogP contribution in [0.25, 0.3) is 0 Å². The van der Waals surface area contributed by atoms with Gasteiger partial charge in [-0.05, 0) is 12.8 Å². The molecular formula is C11H17NO4. The quantitative estimate of drug-likeness (QED) is 0.677. The first kappa shape index (κ1) is 12.7. The van der Waals surface area contributed by atoms with Gasteiger partial charge < -0.3 is 15.1 Å². The van der Waals surface area contributed by atoms with Gasteiger partial charge in [-0.2, -0.15) is 0 Å². The third-order valence-corrected chi connectivity index (χ3v) is 2.90. The first-order chi connectivity index (χ1) is 7.54. The fraction of sp³-hybridized carbons (Fsp3) is 0.636. The Morgan fingerprint density at radius 2 is 2.12 bits per heavy atom. The van der Waals surface area contributed by atoms with E-state index in [1.165, 1.54) is 0 Å². The normalized spacial score (nSPS) is 26.0. The summed E-state index contributed by atoms with van der Waals surface area (Å²) in [4.78, 5) is 23.4. The standard InChI is InChI=1S/C11H17NO4/c1-2-8-7-12(6-5-9(8)13)10(14)3-4-11(15)16/h3-4,8-9,13H,2,5-7H2,1H3,(H,15,16)/b4-3+/t8-,9-/m1/s1. The highest BCUT2D eigenvalue weighted by Crippen LogP contribution is 2.20. The summed E-state index contributed by atoms with van der Waals surface area (Å²) in [7, 11) is 0. The van der Waals surface area contributed by atoms with Gasteiger partial charge in [0.25, 0.3) is 0 Å². The van der Waals surface area contributed by atoms with Gasteiger partial charge in [-0.15, -0.1) is 0 Å². The molecule has 5 heteroatoms. The minimum Gasteiger partial charge on any atom is -0.478 e. The van der Waals surface area contributed by atoms with E-state index in [4.69, 9.17) is 5.11 Å². The van der Waals surface area contributed by atoms with Crippen LogP contribution in [-0.2, 0) is 9.59 Å². The summed E-state index contributed by atoms with van der Waals surface area (Å²) in [6.07, 6.45) is 2.93. The van der Waals surface area contributed by atoms with Crippen LogP contribution in [0.5, 0.6) is 0 Å². The first-order valence-electron chi connectivity index (χ1n) is 5.42. The van der Waals surface area contributed by atoms with Crippen molar-refractivity contribution in [3.8, 4) is 0 Å². The SMILES string of the molecule is CC[C@@H]1CN(C(=O)/C=C/C(=O)O)CC[C@H]1O. The Morgan fingerprint density at radius 1 is 1.44 bits per heavy atom. The molecule has 1 heterocycles. The van der Waals surface area contributed by atoms with Gasteiger partial charge in [0.15, 0.2) is 0 Å². The van der Waals surface area contributed by atoms with E-state index in [0.29, 0.717) is 19.5 Å². The van der Waals surface area contributed by atoms with Gasteiger partial charge in [0.05, 0.1) is 6.10 Å². The molecule has 5 nitrogen and oxygen atoms in total. The summed E-state index contributed by atoms with van der Waals surface area (Å²) in [5.74, 6) is -1.33. The Balaban J connectivity index is 2.55. The number of aliphatic hydroxyl groups is 1. The fourth-order valence-corrected chi connectivity index (χ4v) is 1.87. The van der Waals surface area contributed by atoms with Crippen LogP contribution < -0.4 is 0 Å². The predicted octanol–water partition coefficient (Wildman–Crippen LogP) is 0.247. The first-order valence-corrected chi connectivity index (χ1v) is 5.42. The molecule has 2 N–H and O–H groups in total. The minimum absolute atomic E-state index is 0.0935. The second-order valence-electron chi connectivity index (χ2n) is 3.98. The van der Waals surface area contributed by atoms with Crippen LogP contribution in [0.15, 0.2) is 12.2 Å². The number of carboxylic acids is 1. The highest BCUT2D eigenvalue weighted by atomic mass is 16.4. The van der Waals surface area contributed by atoms with Crippen LogP contribution >= 0.6 is 0 Å². The van der Waals surface area contributed by atoms with E-state index >= 15 is 0 Å². The molecule has 1 fully saturated rings. The van der Waals surface area contributed by atoms with Crippen molar-refractivity contribution in [3.05, 3.63) is 12.2 Å². The molecule has 1 aliphatic heterocycles. The lowest BCUT2D eigenvalue weighted by Crippen LogP contribution is -2.45. The zero-order valence-corrected chi connectivity index (χ0v) is 9.30. The van der Waals surface area contributed by atoms with Crippen LogP contribution in [0, 0.1) is 5.92 Å². The molecule has 1 amide bonds. The van der Waals surface area contributed by atoms with Crippen molar-refractivity contribution >= 4 is 11.9 Å². The molecule has 16 heavy (non-hydrogen) atoms. The van der Waals surface area contributed by atoms with E-state index < -0.39 is 5.97 Å². The van der Waals surface area contributed by atoms with Crippen molar-refractivity contribution in [1.82, 2.24) is 4.90 Å².